The monoisotopic (exact) mass is 573 g/mol. The van der Waals surface area contributed by atoms with Gasteiger partial charge in [-0.1, -0.05) is 41.9 Å². The quantitative estimate of drug-likeness (QED) is 0.262. The van der Waals surface area contributed by atoms with Crippen molar-refractivity contribution in [2.75, 3.05) is 11.9 Å². The number of alkyl halides is 1. The molecule has 1 aromatic heterocycles. The summed E-state index contributed by atoms with van der Waals surface area (Å²) in [6.45, 7) is -0.808. The second-order valence-corrected chi connectivity index (χ2v) is 9.57. The highest BCUT2D eigenvalue weighted by Gasteiger charge is 2.40. The van der Waals surface area contributed by atoms with Crippen LogP contribution in [-0.2, 0) is 16.1 Å². The van der Waals surface area contributed by atoms with E-state index in [1.54, 1.807) is 24.3 Å². The van der Waals surface area contributed by atoms with Crippen LogP contribution in [-0.4, -0.2) is 51.2 Å². The first-order chi connectivity index (χ1) is 19.0. The van der Waals surface area contributed by atoms with Crippen LogP contribution in [0, 0.1) is 17.5 Å². The first-order valence-corrected chi connectivity index (χ1v) is 12.4. The molecule has 1 aliphatic heterocycles. The molecule has 8 nitrogen and oxygen atoms in total. The van der Waals surface area contributed by atoms with Gasteiger partial charge in [0.15, 0.2) is 11.5 Å². The fraction of sp³-hybridized carbons (Fsp3) is 0.185. The lowest BCUT2D eigenvalue weighted by molar-refractivity contribution is -0.137. The zero-order chi connectivity index (χ0) is 28.7. The van der Waals surface area contributed by atoms with Crippen LogP contribution in [0.1, 0.15) is 16.9 Å². The van der Waals surface area contributed by atoms with Crippen LogP contribution in [0.5, 0.6) is 0 Å². The van der Waals surface area contributed by atoms with E-state index in [-0.39, 0.29) is 35.5 Å². The molecular weight excluding hydrogens is 554 g/mol. The van der Waals surface area contributed by atoms with Crippen molar-refractivity contribution in [2.45, 2.75) is 25.2 Å². The molecule has 1 aliphatic rings. The first-order valence-electron chi connectivity index (χ1n) is 12.0. The number of hydrogen-bond donors (Lipinski definition) is 2. The molecule has 1 fully saturated rings. The summed E-state index contributed by atoms with van der Waals surface area (Å²) in [5.41, 5.74) is 4.88. The van der Waals surface area contributed by atoms with E-state index < -0.39 is 59.0 Å². The number of benzene rings is 3. The number of aromatic nitrogens is 2. The molecular formula is C27H20ClF4N5O3. The van der Waals surface area contributed by atoms with Crippen LogP contribution in [0.2, 0.25) is 5.02 Å². The van der Waals surface area contributed by atoms with Gasteiger partial charge in [0.05, 0.1) is 22.8 Å². The van der Waals surface area contributed by atoms with E-state index in [4.69, 9.17) is 17.3 Å². The number of likely N-dealkylation sites (tertiary alicyclic amines) is 1. The maximum Gasteiger partial charge on any atom is 0.269 e. The normalized spacial score (nSPS) is 16.9. The summed E-state index contributed by atoms with van der Waals surface area (Å²) in [4.78, 5) is 39.2. The molecule has 0 saturated carbocycles. The fourth-order valence-electron chi connectivity index (χ4n) is 4.76. The van der Waals surface area contributed by atoms with E-state index >= 15 is 4.39 Å². The summed E-state index contributed by atoms with van der Waals surface area (Å²) in [5.74, 6) is -5.43. The predicted octanol–water partition coefficient (Wildman–Crippen LogP) is 4.45. The van der Waals surface area contributed by atoms with Gasteiger partial charge in [0.1, 0.15) is 30.4 Å². The van der Waals surface area contributed by atoms with Crippen molar-refractivity contribution in [1.29, 1.82) is 0 Å². The lowest BCUT2D eigenvalue weighted by atomic mass is 10.0. The third-order valence-electron chi connectivity index (χ3n) is 6.59. The number of primary amides is 1. The van der Waals surface area contributed by atoms with Crippen molar-refractivity contribution in [3.63, 3.8) is 0 Å². The number of nitrogens with zero attached hydrogens (tertiary/aromatic N) is 3. The molecule has 3 N–H and O–H groups in total. The molecule has 0 bridgehead atoms. The highest BCUT2D eigenvalue weighted by molar-refractivity contribution is 6.33. The Morgan fingerprint density at radius 1 is 1.05 bits per heavy atom. The molecule has 3 amide bonds. The molecule has 0 radical (unpaired) electrons. The molecule has 40 heavy (non-hydrogen) atoms. The standard InChI is InChI=1S/C27H20ClF4N5O3/c28-23-17(8-13(29)9-18(23)31)15-5-3-6-19(24(15)32)34-27(40)21-10-14(30)11-36(21)22(38)12-37-20-7-2-1-4-16(20)25(35-37)26(33)39/h1-9,14,21H,10-12H2,(H2,33,39)(H,34,40)/t14-,21+/m1/s1. The number of carbonyl (C=O) groups is 3. The van der Waals surface area contributed by atoms with Crippen LogP contribution in [0.15, 0.2) is 54.6 Å². The molecule has 206 valence electrons. The summed E-state index contributed by atoms with van der Waals surface area (Å²) in [5, 5.41) is 6.37. The van der Waals surface area contributed by atoms with Gasteiger partial charge >= 0.3 is 0 Å². The molecule has 0 spiro atoms. The zero-order valence-corrected chi connectivity index (χ0v) is 21.3. The Morgan fingerprint density at radius 3 is 2.55 bits per heavy atom. The Hall–Kier alpha value is -4.45. The molecule has 1 saturated heterocycles. The predicted molar refractivity (Wildman–Crippen MR) is 139 cm³/mol. The number of amides is 3. The van der Waals surface area contributed by atoms with Gasteiger partial charge in [0.25, 0.3) is 5.91 Å². The molecule has 2 atom stereocenters. The van der Waals surface area contributed by atoms with Gasteiger partial charge in [-0.3, -0.25) is 19.1 Å². The van der Waals surface area contributed by atoms with Gasteiger partial charge in [0, 0.05) is 29.0 Å². The van der Waals surface area contributed by atoms with Crippen LogP contribution in [0.4, 0.5) is 23.2 Å². The number of halogens is 5. The van der Waals surface area contributed by atoms with E-state index in [9.17, 15) is 27.6 Å². The van der Waals surface area contributed by atoms with Gasteiger partial charge in [-0.2, -0.15) is 5.10 Å². The average molecular weight is 574 g/mol. The van der Waals surface area contributed by atoms with Crippen LogP contribution < -0.4 is 11.1 Å². The Kier molecular flexibility index (Phi) is 7.19. The maximum absolute atomic E-state index is 15.4. The molecule has 0 unspecified atom stereocenters. The number of hydrogen-bond acceptors (Lipinski definition) is 4. The summed E-state index contributed by atoms with van der Waals surface area (Å²) in [6, 6.07) is 10.5. The fourth-order valence-corrected chi connectivity index (χ4v) is 4.97. The van der Waals surface area contributed by atoms with Crippen molar-refractivity contribution >= 4 is 45.9 Å². The Balaban J connectivity index is 1.39. The maximum atomic E-state index is 15.4. The first kappa shape index (κ1) is 27.1. The summed E-state index contributed by atoms with van der Waals surface area (Å²) in [6.07, 6.45) is -1.87. The molecule has 2 heterocycles. The van der Waals surface area contributed by atoms with E-state index in [0.29, 0.717) is 17.0 Å². The number of fused-ring (bicyclic) bond motifs is 1. The van der Waals surface area contributed by atoms with Crippen molar-refractivity contribution < 1.29 is 31.9 Å². The van der Waals surface area contributed by atoms with E-state index in [1.165, 1.54) is 22.9 Å². The summed E-state index contributed by atoms with van der Waals surface area (Å²) >= 11 is 5.91. The minimum Gasteiger partial charge on any atom is -0.364 e. The number of carbonyl (C=O) groups excluding carboxylic acids is 3. The number of nitrogens with two attached hydrogens (primary N) is 1. The third kappa shape index (κ3) is 4.97. The van der Waals surface area contributed by atoms with Gasteiger partial charge in [0.2, 0.25) is 11.8 Å². The Bertz CT molecular complexity index is 1680. The van der Waals surface area contributed by atoms with Crippen molar-refractivity contribution in [3.05, 3.63) is 82.8 Å². The third-order valence-corrected chi connectivity index (χ3v) is 6.97. The second kappa shape index (κ2) is 10.6. The molecule has 3 aromatic carbocycles. The van der Waals surface area contributed by atoms with Gasteiger partial charge in [-0.05, 0) is 18.2 Å². The molecule has 5 rings (SSSR count). The largest absolute Gasteiger partial charge is 0.364 e. The van der Waals surface area contributed by atoms with Gasteiger partial charge in [-0.25, -0.2) is 17.6 Å². The SMILES string of the molecule is NC(=O)c1nn(CC(=O)N2C[C@H](F)C[C@H]2C(=O)Nc2cccc(-c3cc(F)cc(F)c3Cl)c2F)c2ccccc12. The minimum atomic E-state index is -1.53. The van der Waals surface area contributed by atoms with E-state index in [2.05, 4.69) is 10.4 Å². The topological polar surface area (TPSA) is 110 Å². The molecule has 0 aliphatic carbocycles. The summed E-state index contributed by atoms with van der Waals surface area (Å²) < 4.78 is 58.8. The van der Waals surface area contributed by atoms with Gasteiger partial charge < -0.3 is 16.0 Å². The van der Waals surface area contributed by atoms with Crippen molar-refractivity contribution in [1.82, 2.24) is 14.7 Å². The van der Waals surface area contributed by atoms with Gasteiger partial charge in [-0.15, -0.1) is 0 Å². The second-order valence-electron chi connectivity index (χ2n) is 9.19. The zero-order valence-electron chi connectivity index (χ0n) is 20.5. The van der Waals surface area contributed by atoms with Crippen LogP contribution in [0.3, 0.4) is 0 Å². The number of anilines is 1. The number of rotatable bonds is 6. The van der Waals surface area contributed by atoms with E-state index in [1.807, 2.05) is 0 Å². The van der Waals surface area contributed by atoms with Crippen LogP contribution in [0.25, 0.3) is 22.0 Å². The lowest BCUT2D eigenvalue weighted by Gasteiger charge is -2.24. The van der Waals surface area contributed by atoms with Crippen LogP contribution >= 0.6 is 11.6 Å². The smallest absolute Gasteiger partial charge is 0.269 e. The molecule has 13 heteroatoms. The number of para-hydroxylation sites is 1. The average Bonchev–Trinajstić information content (AvgIpc) is 3.48. The Morgan fingerprint density at radius 2 is 1.80 bits per heavy atom. The minimum absolute atomic E-state index is 0.0453. The highest BCUT2D eigenvalue weighted by atomic mass is 35.5. The molecule has 4 aromatic rings. The highest BCUT2D eigenvalue weighted by Crippen LogP contribution is 2.35. The lowest BCUT2D eigenvalue weighted by Crippen LogP contribution is -2.44. The number of nitrogens with one attached hydrogen (secondary N) is 1. The Labute approximate surface area is 229 Å². The van der Waals surface area contributed by atoms with E-state index in [0.717, 1.165) is 11.0 Å². The summed E-state index contributed by atoms with van der Waals surface area (Å²) in [7, 11) is 0. The van der Waals surface area contributed by atoms with Crippen molar-refractivity contribution in [2.24, 2.45) is 5.73 Å². The van der Waals surface area contributed by atoms with Crippen molar-refractivity contribution in [3.8, 4) is 11.1 Å².